The third-order valence-corrected chi connectivity index (χ3v) is 6.94. The molecule has 30 heavy (non-hydrogen) atoms. The fourth-order valence-electron chi connectivity index (χ4n) is 4.11. The predicted octanol–water partition coefficient (Wildman–Crippen LogP) is 7.44. The third kappa shape index (κ3) is 8.41. The van der Waals surface area contributed by atoms with Gasteiger partial charge in [0.05, 0.1) is 11.7 Å². The fraction of sp³-hybridized carbons (Fsp3) is 0.760. The van der Waals surface area contributed by atoms with Gasteiger partial charge in [-0.05, 0) is 51.5 Å². The molecule has 0 atom stereocenters. The predicted molar refractivity (Wildman–Crippen MR) is 127 cm³/mol. The number of ether oxygens (including phenoxy) is 1. The zero-order valence-electron chi connectivity index (χ0n) is 19.3. The van der Waals surface area contributed by atoms with E-state index < -0.39 is 0 Å². The van der Waals surface area contributed by atoms with Crippen molar-refractivity contribution in [2.24, 2.45) is 0 Å². The molecule has 1 amide bonds. The van der Waals surface area contributed by atoms with Gasteiger partial charge in [0.1, 0.15) is 5.00 Å². The van der Waals surface area contributed by atoms with Crippen molar-refractivity contribution in [3.8, 4) is 0 Å². The highest BCUT2D eigenvalue weighted by Crippen LogP contribution is 2.38. The summed E-state index contributed by atoms with van der Waals surface area (Å²) >= 11 is 1.58. The smallest absolute Gasteiger partial charge is 0.341 e. The molecule has 5 heteroatoms. The maximum Gasteiger partial charge on any atom is 0.341 e. The van der Waals surface area contributed by atoms with Crippen LogP contribution in [0.4, 0.5) is 5.00 Å². The van der Waals surface area contributed by atoms with Crippen molar-refractivity contribution in [1.82, 2.24) is 0 Å². The molecule has 0 bridgehead atoms. The van der Waals surface area contributed by atoms with Crippen LogP contribution in [0.2, 0.25) is 0 Å². The van der Waals surface area contributed by atoms with E-state index in [1.54, 1.807) is 11.3 Å². The Kier molecular flexibility index (Phi) is 11.5. The Balaban J connectivity index is 1.84. The molecule has 2 rings (SSSR count). The average molecular weight is 436 g/mol. The number of hydrogen-bond acceptors (Lipinski definition) is 4. The van der Waals surface area contributed by atoms with E-state index in [1.807, 2.05) is 13.8 Å². The summed E-state index contributed by atoms with van der Waals surface area (Å²) < 4.78 is 5.50. The van der Waals surface area contributed by atoms with Crippen molar-refractivity contribution in [2.75, 3.05) is 5.32 Å². The first-order chi connectivity index (χ1) is 14.5. The number of anilines is 1. The SMILES string of the molecule is CCCCCCCCCCCC(=O)Nc1sc2c(c1C(=O)OC(C)C)CCCCC2. The second kappa shape index (κ2) is 13.8. The summed E-state index contributed by atoms with van der Waals surface area (Å²) in [6.07, 6.45) is 16.8. The standard InChI is InChI=1S/C25H41NO3S/c1-4-5-6-7-8-9-10-11-15-18-22(27)26-24-23(25(28)29-19(2)3)20-16-13-12-14-17-21(20)30-24/h19H,4-18H2,1-3H3,(H,26,27). The highest BCUT2D eigenvalue weighted by molar-refractivity contribution is 7.17. The first-order valence-corrected chi connectivity index (χ1v) is 13.0. The van der Waals surface area contributed by atoms with Crippen molar-refractivity contribution >= 4 is 28.2 Å². The van der Waals surface area contributed by atoms with Crippen molar-refractivity contribution < 1.29 is 14.3 Å². The molecule has 1 N–H and O–H groups in total. The van der Waals surface area contributed by atoms with Gasteiger partial charge in [-0.25, -0.2) is 4.79 Å². The minimum atomic E-state index is -0.289. The van der Waals surface area contributed by atoms with E-state index in [1.165, 1.54) is 56.2 Å². The largest absolute Gasteiger partial charge is 0.459 e. The molecule has 0 aliphatic heterocycles. The molecule has 0 saturated carbocycles. The lowest BCUT2D eigenvalue weighted by molar-refractivity contribution is -0.116. The van der Waals surface area contributed by atoms with Crippen LogP contribution in [0.25, 0.3) is 0 Å². The first-order valence-electron chi connectivity index (χ1n) is 12.2. The van der Waals surface area contributed by atoms with Gasteiger partial charge in [-0.15, -0.1) is 11.3 Å². The summed E-state index contributed by atoms with van der Waals surface area (Å²) in [6, 6.07) is 0. The van der Waals surface area contributed by atoms with Gasteiger partial charge < -0.3 is 10.1 Å². The molecule has 0 spiro atoms. The minimum absolute atomic E-state index is 0.0213. The number of carbonyl (C=O) groups is 2. The second-order valence-corrected chi connectivity index (χ2v) is 9.95. The van der Waals surface area contributed by atoms with Gasteiger partial charge in [0.2, 0.25) is 5.91 Å². The highest BCUT2D eigenvalue weighted by atomic mass is 32.1. The molecule has 170 valence electrons. The van der Waals surface area contributed by atoms with Crippen LogP contribution in [0.1, 0.15) is 125 Å². The Morgan fingerprint density at radius 2 is 1.57 bits per heavy atom. The Morgan fingerprint density at radius 1 is 0.933 bits per heavy atom. The molecular formula is C25H41NO3S. The van der Waals surface area contributed by atoms with Gasteiger partial charge in [-0.1, -0.05) is 64.7 Å². The molecule has 0 aromatic carbocycles. The molecule has 0 radical (unpaired) electrons. The molecule has 4 nitrogen and oxygen atoms in total. The molecule has 0 saturated heterocycles. The van der Waals surface area contributed by atoms with Gasteiger partial charge in [-0.3, -0.25) is 4.79 Å². The monoisotopic (exact) mass is 435 g/mol. The number of carbonyl (C=O) groups excluding carboxylic acids is 2. The van der Waals surface area contributed by atoms with Crippen molar-refractivity contribution in [1.29, 1.82) is 0 Å². The molecule has 1 aromatic heterocycles. The number of aryl methyl sites for hydroxylation is 1. The molecule has 1 heterocycles. The van der Waals surface area contributed by atoms with E-state index >= 15 is 0 Å². The van der Waals surface area contributed by atoms with Crippen LogP contribution in [-0.4, -0.2) is 18.0 Å². The first kappa shape index (κ1) is 24.9. The molecule has 1 aromatic rings. The van der Waals surface area contributed by atoms with E-state index in [0.29, 0.717) is 17.0 Å². The van der Waals surface area contributed by atoms with Crippen LogP contribution in [0.15, 0.2) is 0 Å². The Labute approximate surface area is 187 Å². The fourth-order valence-corrected chi connectivity index (χ4v) is 5.40. The van der Waals surface area contributed by atoms with Crippen LogP contribution in [-0.2, 0) is 22.4 Å². The van der Waals surface area contributed by atoms with Crippen molar-refractivity contribution in [3.05, 3.63) is 16.0 Å². The zero-order valence-corrected chi connectivity index (χ0v) is 20.1. The summed E-state index contributed by atoms with van der Waals surface area (Å²) in [7, 11) is 0. The quantitative estimate of drug-likeness (QED) is 0.199. The highest BCUT2D eigenvalue weighted by Gasteiger charge is 2.27. The van der Waals surface area contributed by atoms with E-state index in [4.69, 9.17) is 4.74 Å². The van der Waals surface area contributed by atoms with Gasteiger partial charge in [0, 0.05) is 11.3 Å². The number of esters is 1. The summed E-state index contributed by atoms with van der Waals surface area (Å²) in [4.78, 5) is 26.6. The number of rotatable bonds is 13. The topological polar surface area (TPSA) is 55.4 Å². The summed E-state index contributed by atoms with van der Waals surface area (Å²) in [5.41, 5.74) is 1.73. The number of nitrogens with one attached hydrogen (secondary N) is 1. The maximum atomic E-state index is 12.8. The van der Waals surface area contributed by atoms with Gasteiger partial charge in [0.15, 0.2) is 0 Å². The lowest BCUT2D eigenvalue weighted by Crippen LogP contribution is -2.17. The van der Waals surface area contributed by atoms with Gasteiger partial charge in [-0.2, -0.15) is 0 Å². The molecule has 1 aliphatic carbocycles. The number of thiophene rings is 1. The van der Waals surface area contributed by atoms with Crippen LogP contribution >= 0.6 is 11.3 Å². The van der Waals surface area contributed by atoms with Crippen LogP contribution in [0, 0.1) is 0 Å². The average Bonchev–Trinajstić information content (AvgIpc) is 2.86. The van der Waals surface area contributed by atoms with Crippen molar-refractivity contribution in [3.63, 3.8) is 0 Å². The number of fused-ring (bicyclic) bond motifs is 1. The minimum Gasteiger partial charge on any atom is -0.459 e. The van der Waals surface area contributed by atoms with E-state index in [2.05, 4.69) is 12.2 Å². The van der Waals surface area contributed by atoms with Crippen molar-refractivity contribution in [2.45, 2.75) is 123 Å². The van der Waals surface area contributed by atoms with Crippen LogP contribution < -0.4 is 5.32 Å². The third-order valence-electron chi connectivity index (χ3n) is 5.73. The van der Waals surface area contributed by atoms with E-state index in [-0.39, 0.29) is 18.0 Å². The lowest BCUT2D eigenvalue weighted by Gasteiger charge is -2.11. The Hall–Kier alpha value is -1.36. The normalized spacial score (nSPS) is 13.7. The summed E-state index contributed by atoms with van der Waals surface area (Å²) in [6.45, 7) is 5.98. The van der Waals surface area contributed by atoms with Crippen LogP contribution in [0.5, 0.6) is 0 Å². The lowest BCUT2D eigenvalue weighted by atomic mass is 10.1. The second-order valence-electron chi connectivity index (χ2n) is 8.85. The summed E-state index contributed by atoms with van der Waals surface area (Å²) in [5, 5.41) is 3.75. The molecule has 0 fully saturated rings. The van der Waals surface area contributed by atoms with E-state index in [9.17, 15) is 9.59 Å². The van der Waals surface area contributed by atoms with E-state index in [0.717, 1.165) is 44.1 Å². The molecule has 0 unspecified atom stereocenters. The summed E-state index contributed by atoms with van der Waals surface area (Å²) in [5.74, 6) is -0.268. The van der Waals surface area contributed by atoms with Gasteiger partial charge >= 0.3 is 5.97 Å². The van der Waals surface area contributed by atoms with Gasteiger partial charge in [0.25, 0.3) is 0 Å². The van der Waals surface area contributed by atoms with Crippen LogP contribution in [0.3, 0.4) is 0 Å². The Morgan fingerprint density at radius 3 is 2.23 bits per heavy atom. The zero-order chi connectivity index (χ0) is 21.8. The Bertz CT molecular complexity index is 666. The maximum absolute atomic E-state index is 12.8. The number of unbranched alkanes of at least 4 members (excludes halogenated alkanes) is 8. The number of hydrogen-bond donors (Lipinski definition) is 1. The molecular weight excluding hydrogens is 394 g/mol. The number of amides is 1. The molecule has 1 aliphatic rings.